The van der Waals surface area contributed by atoms with E-state index in [-0.39, 0.29) is 5.91 Å². The summed E-state index contributed by atoms with van der Waals surface area (Å²) in [4.78, 5) is 17.7. The molecule has 0 unspecified atom stereocenters. The van der Waals surface area contributed by atoms with E-state index in [0.717, 1.165) is 21.7 Å². The molecule has 0 atom stereocenters. The van der Waals surface area contributed by atoms with Crippen LogP contribution >= 0.6 is 11.3 Å². The molecule has 6 nitrogen and oxygen atoms in total. The zero-order valence-corrected chi connectivity index (χ0v) is 15.1. The normalized spacial score (nSPS) is 12.1. The Morgan fingerprint density at radius 2 is 2.12 bits per heavy atom. The molecular formula is C17H20N4O2S. The maximum atomic E-state index is 12.6. The number of thiazole rings is 1. The summed E-state index contributed by atoms with van der Waals surface area (Å²) < 4.78 is 10.2. The molecule has 0 aliphatic carbocycles. The molecule has 0 aliphatic rings. The number of hydrogen-bond donors (Lipinski definition) is 0. The largest absolute Gasteiger partial charge is 0.495 e. The highest BCUT2D eigenvalue weighted by molar-refractivity contribution is 7.16. The molecule has 2 aromatic heterocycles. The summed E-state index contributed by atoms with van der Waals surface area (Å²) in [5.41, 5.74) is 2.30. The minimum Gasteiger partial charge on any atom is -0.495 e. The van der Waals surface area contributed by atoms with Crippen LogP contribution in [0, 0.1) is 6.92 Å². The minimum atomic E-state index is -0.273. The van der Waals surface area contributed by atoms with Crippen molar-refractivity contribution in [1.82, 2.24) is 14.3 Å². The van der Waals surface area contributed by atoms with E-state index < -0.39 is 0 Å². The Bertz CT molecular complexity index is 965. The number of hydrogen-bond acceptors (Lipinski definition) is 4. The predicted molar refractivity (Wildman–Crippen MR) is 94.6 cm³/mol. The second kappa shape index (κ2) is 6.60. The third-order valence-corrected chi connectivity index (χ3v) is 4.86. The van der Waals surface area contributed by atoms with Crippen LogP contribution < -0.4 is 9.54 Å². The molecule has 0 fully saturated rings. The van der Waals surface area contributed by atoms with Gasteiger partial charge in [-0.2, -0.15) is 10.1 Å². The van der Waals surface area contributed by atoms with Crippen molar-refractivity contribution < 1.29 is 9.53 Å². The monoisotopic (exact) mass is 344 g/mol. The van der Waals surface area contributed by atoms with Crippen LogP contribution in [0.3, 0.4) is 0 Å². The third-order valence-electron chi connectivity index (χ3n) is 3.82. The van der Waals surface area contributed by atoms with Gasteiger partial charge < -0.3 is 9.30 Å². The number of carbonyl (C=O) groups is 1. The van der Waals surface area contributed by atoms with Crippen LogP contribution in [0.2, 0.25) is 0 Å². The summed E-state index contributed by atoms with van der Waals surface area (Å²) in [7, 11) is 1.65. The van der Waals surface area contributed by atoms with Gasteiger partial charge in [0.25, 0.3) is 5.91 Å². The first-order valence-corrected chi connectivity index (χ1v) is 8.70. The van der Waals surface area contributed by atoms with Gasteiger partial charge in [-0.1, -0.05) is 17.4 Å². The molecule has 0 bridgehead atoms. The zero-order valence-electron chi connectivity index (χ0n) is 14.2. The highest BCUT2D eigenvalue weighted by Gasteiger charge is 2.15. The van der Waals surface area contributed by atoms with Gasteiger partial charge in [0.15, 0.2) is 4.80 Å². The number of carbonyl (C=O) groups excluding carboxylic acids is 1. The Morgan fingerprint density at radius 1 is 1.33 bits per heavy atom. The lowest BCUT2D eigenvalue weighted by Gasteiger charge is -2.05. The number of methoxy groups -OCH3 is 1. The zero-order chi connectivity index (χ0) is 17.3. The van der Waals surface area contributed by atoms with Crippen molar-refractivity contribution in [2.75, 3.05) is 7.11 Å². The molecule has 1 amide bonds. The molecule has 2 heterocycles. The Morgan fingerprint density at radius 3 is 2.79 bits per heavy atom. The average Bonchev–Trinajstić information content (AvgIpc) is 3.13. The van der Waals surface area contributed by atoms with E-state index in [2.05, 4.69) is 10.1 Å². The standard InChI is InChI=1S/C17H20N4O2S/c1-5-20-15-13(23-4)8-7-9-14(15)24-17(20)18-16(22)12-10-11(3)19-21(12)6-2/h7-10H,5-6H2,1-4H3. The third kappa shape index (κ3) is 2.75. The second-order valence-electron chi connectivity index (χ2n) is 5.34. The van der Waals surface area contributed by atoms with Crippen LogP contribution in [-0.4, -0.2) is 27.4 Å². The molecule has 126 valence electrons. The molecule has 0 saturated heterocycles. The number of ether oxygens (including phenoxy) is 1. The van der Waals surface area contributed by atoms with Crippen molar-refractivity contribution in [2.24, 2.45) is 4.99 Å². The minimum absolute atomic E-state index is 0.273. The maximum Gasteiger partial charge on any atom is 0.297 e. The number of aromatic nitrogens is 3. The summed E-state index contributed by atoms with van der Waals surface area (Å²) in [6, 6.07) is 7.65. The van der Waals surface area contributed by atoms with Gasteiger partial charge in [0.1, 0.15) is 17.0 Å². The van der Waals surface area contributed by atoms with Crippen LogP contribution in [0.15, 0.2) is 29.3 Å². The van der Waals surface area contributed by atoms with Gasteiger partial charge in [-0.05, 0) is 39.0 Å². The van der Waals surface area contributed by atoms with E-state index in [0.29, 0.717) is 23.6 Å². The van der Waals surface area contributed by atoms with E-state index in [1.54, 1.807) is 17.9 Å². The van der Waals surface area contributed by atoms with E-state index in [9.17, 15) is 4.79 Å². The Hall–Kier alpha value is -2.41. The summed E-state index contributed by atoms with van der Waals surface area (Å²) in [6.07, 6.45) is 0. The molecule has 3 aromatic rings. The topological polar surface area (TPSA) is 61.4 Å². The molecule has 0 spiro atoms. The first-order valence-electron chi connectivity index (χ1n) is 7.88. The molecule has 3 rings (SSSR count). The molecule has 24 heavy (non-hydrogen) atoms. The highest BCUT2D eigenvalue weighted by Crippen LogP contribution is 2.27. The van der Waals surface area contributed by atoms with Crippen LogP contribution in [0.5, 0.6) is 5.75 Å². The van der Waals surface area contributed by atoms with E-state index in [4.69, 9.17) is 4.74 Å². The Kier molecular flexibility index (Phi) is 4.53. The maximum absolute atomic E-state index is 12.6. The summed E-state index contributed by atoms with van der Waals surface area (Å²) >= 11 is 1.49. The molecule has 1 aromatic carbocycles. The van der Waals surface area contributed by atoms with Crippen molar-refractivity contribution in [3.05, 3.63) is 40.5 Å². The van der Waals surface area contributed by atoms with Crippen molar-refractivity contribution in [3.63, 3.8) is 0 Å². The Balaban J connectivity index is 2.18. The average molecular weight is 344 g/mol. The first kappa shape index (κ1) is 16.4. The lowest BCUT2D eigenvalue weighted by Crippen LogP contribution is -2.17. The van der Waals surface area contributed by atoms with Crippen molar-refractivity contribution in [3.8, 4) is 5.75 Å². The SMILES string of the molecule is CCn1nc(C)cc1C(=O)N=c1sc2cccc(OC)c2n1CC. The number of rotatable bonds is 4. The fraction of sp³-hybridized carbons (Fsp3) is 0.353. The number of amides is 1. The van der Waals surface area contributed by atoms with Crippen LogP contribution in [0.25, 0.3) is 10.2 Å². The quantitative estimate of drug-likeness (QED) is 0.731. The van der Waals surface area contributed by atoms with Crippen molar-refractivity contribution in [1.29, 1.82) is 0 Å². The second-order valence-corrected chi connectivity index (χ2v) is 6.35. The van der Waals surface area contributed by atoms with Crippen LogP contribution in [0.1, 0.15) is 30.0 Å². The van der Waals surface area contributed by atoms with Crippen LogP contribution in [0.4, 0.5) is 0 Å². The summed E-state index contributed by atoms with van der Waals surface area (Å²) in [5, 5.41) is 4.32. The fourth-order valence-electron chi connectivity index (χ4n) is 2.74. The van der Waals surface area contributed by atoms with E-state index in [1.807, 2.05) is 43.5 Å². The number of para-hydroxylation sites is 1. The lowest BCUT2D eigenvalue weighted by molar-refractivity contribution is 0.0987. The number of aryl methyl sites for hydroxylation is 3. The van der Waals surface area contributed by atoms with Gasteiger partial charge in [0, 0.05) is 13.1 Å². The highest BCUT2D eigenvalue weighted by atomic mass is 32.1. The van der Waals surface area contributed by atoms with E-state index >= 15 is 0 Å². The number of fused-ring (bicyclic) bond motifs is 1. The van der Waals surface area contributed by atoms with Gasteiger partial charge in [0.05, 0.1) is 17.5 Å². The molecule has 0 radical (unpaired) electrons. The smallest absolute Gasteiger partial charge is 0.297 e. The van der Waals surface area contributed by atoms with Gasteiger partial charge >= 0.3 is 0 Å². The molecule has 0 N–H and O–H groups in total. The van der Waals surface area contributed by atoms with Gasteiger partial charge in [-0.3, -0.25) is 9.48 Å². The van der Waals surface area contributed by atoms with Crippen LogP contribution in [-0.2, 0) is 13.1 Å². The summed E-state index contributed by atoms with van der Waals surface area (Å²) in [6.45, 7) is 7.21. The van der Waals surface area contributed by atoms with Gasteiger partial charge in [0.2, 0.25) is 0 Å². The molecule has 0 saturated carbocycles. The first-order chi connectivity index (χ1) is 11.6. The van der Waals surface area contributed by atoms with Crippen molar-refractivity contribution in [2.45, 2.75) is 33.9 Å². The van der Waals surface area contributed by atoms with Gasteiger partial charge in [-0.15, -0.1) is 0 Å². The van der Waals surface area contributed by atoms with Gasteiger partial charge in [-0.25, -0.2) is 0 Å². The summed E-state index contributed by atoms with van der Waals surface area (Å²) in [5.74, 6) is 0.513. The molecule has 7 heteroatoms. The molecule has 0 aliphatic heterocycles. The lowest BCUT2D eigenvalue weighted by atomic mass is 10.3. The predicted octanol–water partition coefficient (Wildman–Crippen LogP) is 3.00. The number of nitrogens with zero attached hydrogens (tertiary/aromatic N) is 4. The fourth-order valence-corrected chi connectivity index (χ4v) is 3.85. The van der Waals surface area contributed by atoms with Crippen molar-refractivity contribution >= 4 is 27.5 Å². The molecular weight excluding hydrogens is 324 g/mol. The Labute approximate surface area is 144 Å². The van der Waals surface area contributed by atoms with E-state index in [1.165, 1.54) is 11.3 Å². The number of benzene rings is 1.